The number of rotatable bonds is 6. The van der Waals surface area contributed by atoms with E-state index in [4.69, 9.17) is 21.1 Å². The summed E-state index contributed by atoms with van der Waals surface area (Å²) in [6.45, 7) is 0.490. The second kappa shape index (κ2) is 6.24. The maximum absolute atomic E-state index is 13.4. The number of nitrogens with zero attached hydrogens (tertiary/aromatic N) is 1. The zero-order valence-corrected chi connectivity index (χ0v) is 16.1. The van der Waals surface area contributed by atoms with Crippen LogP contribution in [-0.2, 0) is 9.53 Å². The van der Waals surface area contributed by atoms with E-state index in [9.17, 15) is 14.0 Å². The van der Waals surface area contributed by atoms with Crippen molar-refractivity contribution in [2.24, 2.45) is 5.92 Å². The van der Waals surface area contributed by atoms with Gasteiger partial charge >= 0.3 is 6.09 Å². The monoisotopic (exact) mass is 408 g/mol. The number of hydrogen-bond acceptors (Lipinski definition) is 4. The topological polar surface area (TPSA) is 67.9 Å². The van der Waals surface area contributed by atoms with E-state index in [1.54, 1.807) is 0 Å². The highest BCUT2D eigenvalue weighted by Crippen LogP contribution is 2.64. The van der Waals surface area contributed by atoms with Crippen LogP contribution in [0.5, 0.6) is 5.75 Å². The molecule has 4 saturated carbocycles. The molecule has 4 aliphatic carbocycles. The minimum absolute atomic E-state index is 0.0101. The van der Waals surface area contributed by atoms with Crippen LogP contribution in [0.4, 0.5) is 9.18 Å². The van der Waals surface area contributed by atoms with E-state index in [0.717, 1.165) is 38.2 Å². The van der Waals surface area contributed by atoms with Crippen LogP contribution >= 0.6 is 11.6 Å². The zero-order chi connectivity index (χ0) is 19.5. The van der Waals surface area contributed by atoms with Gasteiger partial charge in [-0.25, -0.2) is 9.18 Å². The molecule has 0 spiro atoms. The molecule has 0 unspecified atom stereocenters. The molecule has 8 heteroatoms. The van der Waals surface area contributed by atoms with Crippen LogP contribution in [0.25, 0.3) is 0 Å². The van der Waals surface area contributed by atoms with Crippen LogP contribution in [0.2, 0.25) is 5.02 Å². The number of halogens is 2. The summed E-state index contributed by atoms with van der Waals surface area (Å²) in [4.78, 5) is 26.4. The van der Waals surface area contributed by atoms with Gasteiger partial charge in [0.1, 0.15) is 17.7 Å². The lowest BCUT2D eigenvalue weighted by molar-refractivity contribution is -0.167. The van der Waals surface area contributed by atoms with Crippen molar-refractivity contribution in [3.63, 3.8) is 0 Å². The molecular formula is C20H22ClFN2O4. The van der Waals surface area contributed by atoms with Crippen molar-refractivity contribution < 1.29 is 23.5 Å². The largest absolute Gasteiger partial charge is 0.484 e. The molecule has 28 heavy (non-hydrogen) atoms. The molecule has 2 bridgehead atoms. The smallest absolute Gasteiger partial charge is 0.410 e. The molecule has 6 rings (SSSR count). The van der Waals surface area contributed by atoms with Crippen LogP contribution in [-0.4, -0.2) is 47.2 Å². The van der Waals surface area contributed by atoms with E-state index < -0.39 is 5.82 Å². The number of ether oxygens (including phenoxy) is 2. The third-order valence-electron chi connectivity index (χ3n) is 6.75. The molecule has 1 saturated heterocycles. The van der Waals surface area contributed by atoms with Gasteiger partial charge in [-0.1, -0.05) is 18.0 Å². The second-order valence-corrected chi connectivity index (χ2v) is 9.08. The zero-order valence-electron chi connectivity index (χ0n) is 15.4. The molecule has 1 N–H and O–H groups in total. The molecule has 1 aromatic rings. The van der Waals surface area contributed by atoms with Gasteiger partial charge in [-0.05, 0) is 50.2 Å². The highest BCUT2D eigenvalue weighted by atomic mass is 35.5. The number of carbonyl (C=O) groups is 2. The van der Waals surface area contributed by atoms with Crippen LogP contribution < -0.4 is 10.1 Å². The Balaban J connectivity index is 1.11. The first-order valence-corrected chi connectivity index (χ1v) is 10.1. The summed E-state index contributed by atoms with van der Waals surface area (Å²) >= 11 is 5.63. The fourth-order valence-corrected chi connectivity index (χ4v) is 5.25. The maximum atomic E-state index is 13.4. The standard InChI is InChI=1S/C20H22ClFN2O4/c21-14-5-4-13(6-15(14)22)27-8-17(25)23-19-9-20(10-19,11-19)24-7-16(28-18(24)26)12-2-1-3-12/h4-6,12,16H,1-3,7-11H2,(H,23,25)/t16-,19?,20?/m1/s1. The van der Waals surface area contributed by atoms with Gasteiger partial charge < -0.3 is 14.8 Å². The highest BCUT2D eigenvalue weighted by Gasteiger charge is 2.73. The van der Waals surface area contributed by atoms with E-state index in [1.807, 2.05) is 4.90 Å². The normalized spacial score (nSPS) is 33.4. The molecule has 5 aliphatic rings. The van der Waals surface area contributed by atoms with E-state index in [2.05, 4.69) is 5.32 Å². The van der Waals surface area contributed by atoms with Gasteiger partial charge in [0.25, 0.3) is 5.91 Å². The maximum Gasteiger partial charge on any atom is 0.410 e. The summed E-state index contributed by atoms with van der Waals surface area (Å²) in [5.41, 5.74) is -0.399. The second-order valence-electron chi connectivity index (χ2n) is 8.67. The predicted octanol–water partition coefficient (Wildman–Crippen LogP) is 3.27. The molecule has 0 aromatic heterocycles. The van der Waals surface area contributed by atoms with Crippen molar-refractivity contribution in [1.82, 2.24) is 10.2 Å². The van der Waals surface area contributed by atoms with Crippen molar-refractivity contribution in [1.29, 1.82) is 0 Å². The summed E-state index contributed by atoms with van der Waals surface area (Å²) in [7, 11) is 0. The summed E-state index contributed by atoms with van der Waals surface area (Å²) in [5.74, 6) is -0.0589. The summed E-state index contributed by atoms with van der Waals surface area (Å²) < 4.78 is 24.3. The Morgan fingerprint density at radius 2 is 2.11 bits per heavy atom. The van der Waals surface area contributed by atoms with Crippen molar-refractivity contribution in [2.75, 3.05) is 13.2 Å². The van der Waals surface area contributed by atoms with Crippen molar-refractivity contribution in [2.45, 2.75) is 55.7 Å². The molecule has 1 aromatic carbocycles. The highest BCUT2D eigenvalue weighted by molar-refractivity contribution is 6.30. The van der Waals surface area contributed by atoms with Gasteiger partial charge in [0.15, 0.2) is 6.61 Å². The Morgan fingerprint density at radius 3 is 2.75 bits per heavy atom. The molecule has 1 atom stereocenters. The van der Waals surface area contributed by atoms with Gasteiger partial charge in [-0.2, -0.15) is 0 Å². The van der Waals surface area contributed by atoms with Gasteiger partial charge in [0.05, 0.1) is 17.1 Å². The van der Waals surface area contributed by atoms with Gasteiger partial charge in [0, 0.05) is 11.6 Å². The number of amides is 2. The molecule has 0 radical (unpaired) electrons. The minimum atomic E-state index is -0.585. The molecule has 1 heterocycles. The Kier molecular flexibility index (Phi) is 4.02. The van der Waals surface area contributed by atoms with E-state index in [-0.39, 0.29) is 46.6 Å². The third kappa shape index (κ3) is 2.82. The third-order valence-corrected chi connectivity index (χ3v) is 7.06. The Labute approximate surface area is 167 Å². The van der Waals surface area contributed by atoms with E-state index in [0.29, 0.717) is 12.5 Å². The Morgan fingerprint density at radius 1 is 1.36 bits per heavy atom. The lowest BCUT2D eigenvalue weighted by Gasteiger charge is -2.72. The van der Waals surface area contributed by atoms with E-state index in [1.165, 1.54) is 18.6 Å². The number of nitrogens with one attached hydrogen (secondary N) is 1. The molecule has 5 fully saturated rings. The van der Waals surface area contributed by atoms with Crippen LogP contribution in [0.15, 0.2) is 18.2 Å². The average molecular weight is 409 g/mol. The Hall–Kier alpha value is -2.02. The lowest BCUT2D eigenvalue weighted by Crippen LogP contribution is -2.84. The van der Waals surface area contributed by atoms with E-state index >= 15 is 0 Å². The number of carbonyl (C=O) groups excluding carboxylic acids is 2. The molecule has 6 nitrogen and oxygen atoms in total. The first kappa shape index (κ1) is 18.0. The van der Waals surface area contributed by atoms with Crippen LogP contribution in [0, 0.1) is 11.7 Å². The minimum Gasteiger partial charge on any atom is -0.484 e. The molecule has 2 amide bonds. The number of cyclic esters (lactones) is 1. The fraction of sp³-hybridized carbons (Fsp3) is 0.600. The molecule has 1 aliphatic heterocycles. The summed E-state index contributed by atoms with van der Waals surface area (Å²) in [5, 5.41) is 3.02. The SMILES string of the molecule is O=C(COc1ccc(Cl)c(F)c1)NC12CC(N3C[C@H](C4CCC4)OC3=O)(C1)C2. The lowest BCUT2D eigenvalue weighted by atomic mass is 9.43. The average Bonchev–Trinajstić information content (AvgIpc) is 2.90. The molecule has 150 valence electrons. The number of hydrogen-bond donors (Lipinski definition) is 1. The number of benzene rings is 1. The van der Waals surface area contributed by atoms with Gasteiger partial charge in [-0.15, -0.1) is 0 Å². The van der Waals surface area contributed by atoms with Crippen molar-refractivity contribution in [3.05, 3.63) is 29.0 Å². The van der Waals surface area contributed by atoms with Gasteiger partial charge in [-0.3, -0.25) is 9.69 Å². The van der Waals surface area contributed by atoms with Crippen LogP contribution in [0.1, 0.15) is 38.5 Å². The first-order valence-electron chi connectivity index (χ1n) is 9.75. The summed E-state index contributed by atoms with van der Waals surface area (Å²) in [6.07, 6.45) is 5.63. The van der Waals surface area contributed by atoms with Crippen molar-refractivity contribution in [3.8, 4) is 5.75 Å². The van der Waals surface area contributed by atoms with Crippen molar-refractivity contribution >= 4 is 23.6 Å². The van der Waals surface area contributed by atoms with Gasteiger partial charge in [0.2, 0.25) is 0 Å². The quantitative estimate of drug-likeness (QED) is 0.784. The summed E-state index contributed by atoms with van der Waals surface area (Å²) in [6, 6.07) is 4.07. The van der Waals surface area contributed by atoms with Crippen LogP contribution in [0.3, 0.4) is 0 Å². The Bertz CT molecular complexity index is 824. The molecular weight excluding hydrogens is 387 g/mol. The first-order chi connectivity index (χ1) is 13.4. The predicted molar refractivity (Wildman–Crippen MR) is 98.7 cm³/mol. The fourth-order valence-electron chi connectivity index (χ4n) is 5.13.